The van der Waals surface area contributed by atoms with Crippen LogP contribution in [0.3, 0.4) is 0 Å². The zero-order valence-corrected chi connectivity index (χ0v) is 11.3. The van der Waals surface area contributed by atoms with E-state index < -0.39 is 23.5 Å². The van der Waals surface area contributed by atoms with Gasteiger partial charge < -0.3 is 5.32 Å². The van der Waals surface area contributed by atoms with Crippen molar-refractivity contribution in [2.75, 3.05) is 6.54 Å². The van der Waals surface area contributed by atoms with Gasteiger partial charge in [-0.15, -0.1) is 0 Å². The Morgan fingerprint density at radius 3 is 2.60 bits per heavy atom. The van der Waals surface area contributed by atoms with Crippen molar-refractivity contribution in [2.24, 2.45) is 7.05 Å². The minimum Gasteiger partial charge on any atom is -0.310 e. The second-order valence-corrected chi connectivity index (χ2v) is 4.60. The third-order valence-corrected chi connectivity index (χ3v) is 3.09. The minimum absolute atomic E-state index is 0.120. The first-order valence-electron chi connectivity index (χ1n) is 6.37. The van der Waals surface area contributed by atoms with Crippen LogP contribution >= 0.6 is 0 Å². The molecule has 1 unspecified atom stereocenters. The first kappa shape index (κ1) is 14.6. The molecule has 1 aromatic carbocycles. The smallest absolute Gasteiger partial charge is 0.194 e. The van der Waals surface area contributed by atoms with Crippen LogP contribution in [0.4, 0.5) is 13.2 Å². The van der Waals surface area contributed by atoms with Gasteiger partial charge in [-0.2, -0.15) is 5.10 Å². The Hall–Kier alpha value is -1.82. The van der Waals surface area contributed by atoms with Crippen molar-refractivity contribution in [3.63, 3.8) is 0 Å². The highest BCUT2D eigenvalue weighted by molar-refractivity contribution is 5.25. The van der Waals surface area contributed by atoms with Crippen molar-refractivity contribution in [1.82, 2.24) is 15.1 Å². The predicted molar refractivity (Wildman–Crippen MR) is 69.6 cm³/mol. The summed E-state index contributed by atoms with van der Waals surface area (Å²) in [7, 11) is 1.78. The third-order valence-electron chi connectivity index (χ3n) is 3.09. The van der Waals surface area contributed by atoms with Crippen LogP contribution in [0.1, 0.15) is 24.1 Å². The van der Waals surface area contributed by atoms with Crippen LogP contribution in [0.2, 0.25) is 0 Å². The summed E-state index contributed by atoms with van der Waals surface area (Å²) in [5.41, 5.74) is 1.01. The normalized spacial score (nSPS) is 12.7. The third kappa shape index (κ3) is 3.01. The van der Waals surface area contributed by atoms with Gasteiger partial charge in [-0.05, 0) is 24.6 Å². The van der Waals surface area contributed by atoms with Gasteiger partial charge in [-0.25, -0.2) is 13.2 Å². The van der Waals surface area contributed by atoms with Crippen LogP contribution in [0, 0.1) is 17.5 Å². The predicted octanol–water partition coefficient (Wildman–Crippen LogP) is 2.73. The molecule has 1 aromatic heterocycles. The van der Waals surface area contributed by atoms with Crippen molar-refractivity contribution in [2.45, 2.75) is 19.4 Å². The molecule has 108 valence electrons. The molecule has 0 amide bonds. The number of halogens is 3. The maximum atomic E-state index is 13.9. The molecule has 20 heavy (non-hydrogen) atoms. The fourth-order valence-electron chi connectivity index (χ4n) is 2.16. The van der Waals surface area contributed by atoms with Gasteiger partial charge in [0.1, 0.15) is 0 Å². The van der Waals surface area contributed by atoms with Crippen LogP contribution in [0.5, 0.6) is 0 Å². The Morgan fingerprint density at radius 2 is 2.00 bits per heavy atom. The summed E-state index contributed by atoms with van der Waals surface area (Å²) in [4.78, 5) is 0. The number of rotatable bonds is 5. The van der Waals surface area contributed by atoms with E-state index in [4.69, 9.17) is 0 Å². The molecule has 2 aromatic rings. The number of hydrogen-bond acceptors (Lipinski definition) is 2. The summed E-state index contributed by atoms with van der Waals surface area (Å²) >= 11 is 0. The number of nitrogens with zero attached hydrogens (tertiary/aromatic N) is 2. The molecule has 1 heterocycles. The Morgan fingerprint density at radius 1 is 1.25 bits per heavy atom. The highest BCUT2D eigenvalue weighted by atomic mass is 19.2. The summed E-state index contributed by atoms with van der Waals surface area (Å²) in [5.74, 6) is -3.75. The van der Waals surface area contributed by atoms with Crippen molar-refractivity contribution < 1.29 is 13.2 Å². The summed E-state index contributed by atoms with van der Waals surface area (Å²) in [6.07, 6.45) is 3.92. The fourth-order valence-corrected chi connectivity index (χ4v) is 2.16. The topological polar surface area (TPSA) is 29.9 Å². The van der Waals surface area contributed by atoms with E-state index in [1.165, 1.54) is 6.07 Å². The minimum atomic E-state index is -1.43. The van der Waals surface area contributed by atoms with Gasteiger partial charge in [-0.1, -0.05) is 13.0 Å². The van der Waals surface area contributed by atoms with E-state index in [0.29, 0.717) is 13.0 Å². The lowest BCUT2D eigenvalue weighted by Crippen LogP contribution is -2.24. The Balaban J connectivity index is 2.31. The molecular weight excluding hydrogens is 267 g/mol. The van der Waals surface area contributed by atoms with Gasteiger partial charge in [0, 0.05) is 24.8 Å². The summed E-state index contributed by atoms with van der Waals surface area (Å²) < 4.78 is 41.8. The van der Waals surface area contributed by atoms with Crippen molar-refractivity contribution in [3.8, 4) is 0 Å². The first-order chi connectivity index (χ1) is 9.52. The van der Waals surface area contributed by atoms with Crippen LogP contribution in [0.15, 0.2) is 24.5 Å². The molecule has 0 radical (unpaired) electrons. The standard InChI is InChI=1S/C14H16F3N3/c1-3-18-12(6-9-7-19-20(2)8-9)10-4-5-11(15)14(17)13(10)16/h4-5,7-8,12,18H,3,6H2,1-2H3. The summed E-state index contributed by atoms with van der Waals surface area (Å²) in [6.45, 7) is 2.46. The molecule has 0 aliphatic heterocycles. The van der Waals surface area contributed by atoms with Gasteiger partial charge in [0.05, 0.1) is 6.20 Å². The van der Waals surface area contributed by atoms with Gasteiger partial charge in [-0.3, -0.25) is 4.68 Å². The molecule has 0 saturated heterocycles. The van der Waals surface area contributed by atoms with Crippen LogP contribution in [0.25, 0.3) is 0 Å². The Kier molecular flexibility index (Phi) is 4.44. The summed E-state index contributed by atoms with van der Waals surface area (Å²) in [5, 5.41) is 7.12. The molecule has 0 bridgehead atoms. The summed E-state index contributed by atoms with van der Waals surface area (Å²) in [6, 6.07) is 1.79. The van der Waals surface area contributed by atoms with E-state index in [-0.39, 0.29) is 5.56 Å². The molecular formula is C14H16F3N3. The molecule has 1 atom stereocenters. The largest absolute Gasteiger partial charge is 0.310 e. The number of nitrogens with one attached hydrogen (secondary N) is 1. The quantitative estimate of drug-likeness (QED) is 0.855. The molecule has 0 saturated carbocycles. The number of hydrogen-bond donors (Lipinski definition) is 1. The van der Waals surface area contributed by atoms with E-state index >= 15 is 0 Å². The van der Waals surface area contributed by atoms with Crippen molar-refractivity contribution in [3.05, 3.63) is 53.1 Å². The van der Waals surface area contributed by atoms with E-state index in [0.717, 1.165) is 11.6 Å². The van der Waals surface area contributed by atoms with E-state index in [1.54, 1.807) is 17.9 Å². The highest BCUT2D eigenvalue weighted by Gasteiger charge is 2.21. The van der Waals surface area contributed by atoms with Gasteiger partial charge in [0.2, 0.25) is 0 Å². The van der Waals surface area contributed by atoms with Crippen molar-refractivity contribution in [1.29, 1.82) is 0 Å². The van der Waals surface area contributed by atoms with Crippen molar-refractivity contribution >= 4 is 0 Å². The number of benzene rings is 1. The van der Waals surface area contributed by atoms with E-state index in [2.05, 4.69) is 10.4 Å². The van der Waals surface area contributed by atoms with Crippen LogP contribution in [-0.2, 0) is 13.5 Å². The molecule has 3 nitrogen and oxygen atoms in total. The highest BCUT2D eigenvalue weighted by Crippen LogP contribution is 2.24. The SMILES string of the molecule is CCNC(Cc1cnn(C)c1)c1ccc(F)c(F)c1F. The van der Waals surface area contributed by atoms with Gasteiger partial charge in [0.15, 0.2) is 17.5 Å². The maximum absolute atomic E-state index is 13.9. The average Bonchev–Trinajstić information content (AvgIpc) is 2.81. The molecule has 0 fully saturated rings. The molecule has 2 rings (SSSR count). The van der Waals surface area contributed by atoms with Crippen LogP contribution < -0.4 is 5.32 Å². The zero-order valence-electron chi connectivity index (χ0n) is 11.3. The zero-order chi connectivity index (χ0) is 14.7. The first-order valence-corrected chi connectivity index (χ1v) is 6.37. The average molecular weight is 283 g/mol. The van der Waals surface area contributed by atoms with Gasteiger partial charge in [0.25, 0.3) is 0 Å². The Labute approximate surface area is 115 Å². The lowest BCUT2D eigenvalue weighted by Gasteiger charge is -2.18. The number of likely N-dealkylation sites (N-methyl/N-ethyl adjacent to an activating group) is 1. The molecule has 1 N–H and O–H groups in total. The number of aromatic nitrogens is 2. The second-order valence-electron chi connectivity index (χ2n) is 4.60. The van der Waals surface area contributed by atoms with E-state index in [1.807, 2.05) is 13.1 Å². The van der Waals surface area contributed by atoms with Gasteiger partial charge >= 0.3 is 0 Å². The van der Waals surface area contributed by atoms with E-state index in [9.17, 15) is 13.2 Å². The Bertz CT molecular complexity index is 595. The van der Waals surface area contributed by atoms with Crippen LogP contribution in [-0.4, -0.2) is 16.3 Å². The molecule has 0 spiro atoms. The number of aryl methyl sites for hydroxylation is 1. The lowest BCUT2D eigenvalue weighted by molar-refractivity contribution is 0.425. The maximum Gasteiger partial charge on any atom is 0.194 e. The molecule has 0 aliphatic carbocycles. The molecule has 0 aliphatic rings. The second kappa shape index (κ2) is 6.09. The monoisotopic (exact) mass is 283 g/mol. The molecule has 6 heteroatoms. The lowest BCUT2D eigenvalue weighted by atomic mass is 9.99. The fraction of sp³-hybridized carbons (Fsp3) is 0.357.